The lowest BCUT2D eigenvalue weighted by molar-refractivity contribution is 0.102. The molecule has 0 aliphatic carbocycles. The monoisotopic (exact) mass is 389 g/mol. The number of aliphatic imine (C=N–C) groups is 1. The Morgan fingerprint density at radius 1 is 1.08 bits per heavy atom. The van der Waals surface area contributed by atoms with E-state index >= 15 is 0 Å². The molecular formula is C20H21Cl2N3O. The Kier molecular flexibility index (Phi) is 6.83. The van der Waals surface area contributed by atoms with Gasteiger partial charge in [0.05, 0.1) is 15.7 Å². The van der Waals surface area contributed by atoms with Crippen LogP contribution in [0.25, 0.3) is 5.70 Å². The zero-order valence-corrected chi connectivity index (χ0v) is 16.4. The Morgan fingerprint density at radius 2 is 1.69 bits per heavy atom. The maximum Gasteiger partial charge on any atom is 0.255 e. The van der Waals surface area contributed by atoms with Crippen molar-refractivity contribution in [3.63, 3.8) is 0 Å². The average Bonchev–Trinajstić information content (AvgIpc) is 2.62. The van der Waals surface area contributed by atoms with Crippen molar-refractivity contribution < 1.29 is 4.79 Å². The highest BCUT2D eigenvalue weighted by atomic mass is 35.5. The summed E-state index contributed by atoms with van der Waals surface area (Å²) in [5, 5.41) is 3.58. The van der Waals surface area contributed by atoms with Crippen LogP contribution in [-0.2, 0) is 0 Å². The molecule has 1 amide bonds. The Labute approximate surface area is 163 Å². The molecule has 2 rings (SSSR count). The number of anilines is 1. The minimum absolute atomic E-state index is 0.176. The van der Waals surface area contributed by atoms with Crippen LogP contribution < -0.4 is 11.1 Å². The molecule has 2 aromatic carbocycles. The topological polar surface area (TPSA) is 67.5 Å². The van der Waals surface area contributed by atoms with Crippen LogP contribution in [0.4, 0.5) is 5.69 Å². The molecule has 26 heavy (non-hydrogen) atoms. The molecule has 0 heterocycles. The predicted octanol–water partition coefficient (Wildman–Crippen LogP) is 5.62. The van der Waals surface area contributed by atoms with Gasteiger partial charge in [0, 0.05) is 17.2 Å². The summed E-state index contributed by atoms with van der Waals surface area (Å²) < 4.78 is 0. The summed E-state index contributed by atoms with van der Waals surface area (Å²) in [6.45, 7) is 5.90. The fourth-order valence-corrected chi connectivity index (χ4v) is 2.43. The van der Waals surface area contributed by atoms with Crippen LogP contribution in [0.1, 0.15) is 36.7 Å². The number of amides is 1. The molecule has 0 radical (unpaired) electrons. The Morgan fingerprint density at radius 3 is 2.23 bits per heavy atom. The molecular weight excluding hydrogens is 369 g/mol. The lowest BCUT2D eigenvalue weighted by atomic mass is 10.1. The van der Waals surface area contributed by atoms with Crippen molar-refractivity contribution in [1.82, 2.24) is 0 Å². The summed E-state index contributed by atoms with van der Waals surface area (Å²) in [5.41, 5.74) is 8.76. The number of halogens is 2. The number of allylic oxidation sites excluding steroid dienone is 1. The molecule has 0 aromatic heterocycles. The first-order valence-electron chi connectivity index (χ1n) is 8.19. The highest BCUT2D eigenvalue weighted by Crippen LogP contribution is 2.24. The lowest BCUT2D eigenvalue weighted by Gasteiger charge is -2.09. The molecule has 0 atom stereocenters. The molecule has 0 fully saturated rings. The third-order valence-electron chi connectivity index (χ3n) is 3.73. The van der Waals surface area contributed by atoms with Gasteiger partial charge in [-0.3, -0.25) is 4.79 Å². The van der Waals surface area contributed by atoms with Gasteiger partial charge in [0.2, 0.25) is 0 Å². The maximum atomic E-state index is 12.3. The average molecular weight is 390 g/mol. The van der Waals surface area contributed by atoms with E-state index in [0.29, 0.717) is 27.1 Å². The normalized spacial score (nSPS) is 12.4. The Hall–Kier alpha value is -2.30. The van der Waals surface area contributed by atoms with Gasteiger partial charge in [-0.05, 0) is 42.8 Å². The molecule has 0 aliphatic rings. The van der Waals surface area contributed by atoms with E-state index in [1.54, 1.807) is 12.1 Å². The number of nitrogens with zero attached hydrogens (tertiary/aromatic N) is 1. The minimum atomic E-state index is -0.260. The van der Waals surface area contributed by atoms with Gasteiger partial charge in [-0.2, -0.15) is 0 Å². The number of rotatable bonds is 5. The van der Waals surface area contributed by atoms with Crippen LogP contribution in [0, 0.1) is 5.92 Å². The molecule has 136 valence electrons. The molecule has 0 aliphatic heterocycles. The molecule has 0 saturated carbocycles. The molecule has 0 bridgehead atoms. The highest BCUT2D eigenvalue weighted by Gasteiger charge is 2.09. The van der Waals surface area contributed by atoms with Crippen LogP contribution in [0.3, 0.4) is 0 Å². The van der Waals surface area contributed by atoms with Gasteiger partial charge in [0.25, 0.3) is 5.91 Å². The van der Waals surface area contributed by atoms with Crippen molar-refractivity contribution in [3.05, 3.63) is 69.7 Å². The van der Waals surface area contributed by atoms with E-state index in [1.807, 2.05) is 51.1 Å². The van der Waals surface area contributed by atoms with Crippen molar-refractivity contribution in [2.24, 2.45) is 16.6 Å². The summed E-state index contributed by atoms with van der Waals surface area (Å²) in [6, 6.07) is 12.2. The number of benzene rings is 2. The molecule has 2 aromatic rings. The number of carbonyl (C=O) groups is 1. The van der Waals surface area contributed by atoms with Crippen molar-refractivity contribution in [3.8, 4) is 0 Å². The fourth-order valence-electron chi connectivity index (χ4n) is 2.13. The van der Waals surface area contributed by atoms with Gasteiger partial charge < -0.3 is 11.1 Å². The summed E-state index contributed by atoms with van der Waals surface area (Å²) in [4.78, 5) is 16.8. The highest BCUT2D eigenvalue weighted by molar-refractivity contribution is 6.42. The number of nitrogens with two attached hydrogens (primary N) is 1. The number of carbonyl (C=O) groups excluding carboxylic acids is 1. The zero-order chi connectivity index (χ0) is 19.3. The third kappa shape index (κ3) is 5.10. The van der Waals surface area contributed by atoms with Crippen LogP contribution in [0.5, 0.6) is 0 Å². The van der Waals surface area contributed by atoms with E-state index in [2.05, 4.69) is 10.3 Å². The molecule has 3 N–H and O–H groups in total. The van der Waals surface area contributed by atoms with E-state index < -0.39 is 0 Å². The van der Waals surface area contributed by atoms with E-state index in [-0.39, 0.29) is 11.8 Å². The smallest absolute Gasteiger partial charge is 0.255 e. The van der Waals surface area contributed by atoms with Gasteiger partial charge in [-0.1, -0.05) is 55.3 Å². The van der Waals surface area contributed by atoms with E-state index in [9.17, 15) is 4.79 Å². The molecule has 0 saturated heterocycles. The molecule has 6 heteroatoms. The number of hydrogen-bond acceptors (Lipinski definition) is 2. The lowest BCUT2D eigenvalue weighted by Crippen LogP contribution is -2.18. The first-order valence-corrected chi connectivity index (χ1v) is 8.94. The largest absolute Gasteiger partial charge is 0.387 e. The first-order chi connectivity index (χ1) is 12.3. The van der Waals surface area contributed by atoms with Crippen molar-refractivity contribution in [1.29, 1.82) is 0 Å². The molecule has 0 spiro atoms. The van der Waals surface area contributed by atoms with Crippen LogP contribution in [0.2, 0.25) is 10.0 Å². The van der Waals surface area contributed by atoms with E-state index in [1.165, 1.54) is 6.07 Å². The second-order valence-corrected chi connectivity index (χ2v) is 6.84. The molecule has 4 nitrogen and oxygen atoms in total. The quantitative estimate of drug-likeness (QED) is 0.514. The SMILES string of the molecule is C/C=C(\N=C(N)C(C)C)c1ccc(NC(=O)c2ccc(Cl)c(Cl)c2)cc1. The first kappa shape index (κ1) is 20.0. The van der Waals surface area contributed by atoms with Crippen molar-refractivity contribution in [2.45, 2.75) is 20.8 Å². The second-order valence-electron chi connectivity index (χ2n) is 6.03. The van der Waals surface area contributed by atoms with Crippen molar-refractivity contribution in [2.75, 3.05) is 5.32 Å². The van der Waals surface area contributed by atoms with Crippen LogP contribution in [0.15, 0.2) is 53.5 Å². The van der Waals surface area contributed by atoms with E-state index in [0.717, 1.165) is 11.3 Å². The van der Waals surface area contributed by atoms with E-state index in [4.69, 9.17) is 28.9 Å². The van der Waals surface area contributed by atoms with Gasteiger partial charge in [-0.25, -0.2) is 4.99 Å². The zero-order valence-electron chi connectivity index (χ0n) is 14.9. The Bertz CT molecular complexity index is 856. The number of hydrogen-bond donors (Lipinski definition) is 2. The number of nitrogens with one attached hydrogen (secondary N) is 1. The predicted molar refractivity (Wildman–Crippen MR) is 111 cm³/mol. The van der Waals surface area contributed by atoms with Gasteiger partial charge >= 0.3 is 0 Å². The number of amidine groups is 1. The van der Waals surface area contributed by atoms with Crippen LogP contribution >= 0.6 is 23.2 Å². The van der Waals surface area contributed by atoms with Gasteiger partial charge in [0.15, 0.2) is 0 Å². The van der Waals surface area contributed by atoms with Crippen molar-refractivity contribution >= 4 is 46.3 Å². The summed E-state index contributed by atoms with van der Waals surface area (Å²) in [6.07, 6.45) is 1.90. The minimum Gasteiger partial charge on any atom is -0.387 e. The fraction of sp³-hybridized carbons (Fsp3) is 0.200. The van der Waals surface area contributed by atoms with Gasteiger partial charge in [0.1, 0.15) is 5.84 Å². The standard InChI is InChI=1S/C20H21Cl2N3O/c1-4-18(25-19(23)12(2)3)13-5-8-15(9-6-13)24-20(26)14-7-10-16(21)17(22)11-14/h4-12H,1-3H3,(H2,23,25)(H,24,26)/b18-4-. The second kappa shape index (κ2) is 8.88. The van der Waals surface area contributed by atoms with Crippen LogP contribution in [-0.4, -0.2) is 11.7 Å². The Balaban J connectivity index is 2.15. The summed E-state index contributed by atoms with van der Waals surface area (Å²) >= 11 is 11.8. The maximum absolute atomic E-state index is 12.3. The van der Waals surface area contributed by atoms with Gasteiger partial charge in [-0.15, -0.1) is 0 Å². The summed E-state index contributed by atoms with van der Waals surface area (Å²) in [7, 11) is 0. The molecule has 0 unspecified atom stereocenters. The summed E-state index contributed by atoms with van der Waals surface area (Å²) in [5.74, 6) is 0.495. The third-order valence-corrected chi connectivity index (χ3v) is 4.47.